The molecule has 0 fully saturated rings. The van der Waals surface area contributed by atoms with E-state index in [0.29, 0.717) is 21.0 Å². The predicted molar refractivity (Wildman–Crippen MR) is 125 cm³/mol. The van der Waals surface area contributed by atoms with E-state index in [1.54, 1.807) is 6.92 Å². The largest absolute Gasteiger partial charge is 0.282 e. The average molecular weight is 564 g/mol. The van der Waals surface area contributed by atoms with E-state index < -0.39 is 11.0 Å². The molecule has 12 heteroatoms. The first-order chi connectivity index (χ1) is 14.8. The number of hydrogen-bond acceptors (Lipinski definition) is 8. The fraction of sp³-hybridized carbons (Fsp3) is 0.105. The van der Waals surface area contributed by atoms with Crippen molar-refractivity contribution in [2.24, 2.45) is 15.3 Å². The fourth-order valence-corrected chi connectivity index (χ4v) is 4.25. The highest BCUT2D eigenvalue weighted by Crippen LogP contribution is 2.33. The number of nitrogens with zero attached hydrogens (tertiary/aromatic N) is 6. The Hall–Kier alpha value is -2.83. The van der Waals surface area contributed by atoms with Crippen molar-refractivity contribution in [3.8, 4) is 11.3 Å². The van der Waals surface area contributed by atoms with Gasteiger partial charge in [0.15, 0.2) is 6.04 Å². The van der Waals surface area contributed by atoms with Gasteiger partial charge in [0.2, 0.25) is 5.13 Å². The van der Waals surface area contributed by atoms with Gasteiger partial charge in [-0.1, -0.05) is 28.1 Å². The summed E-state index contributed by atoms with van der Waals surface area (Å²) in [7, 11) is 0. The molecule has 0 bridgehead atoms. The minimum Gasteiger partial charge on any atom is -0.269 e. The number of thiazole rings is 1. The van der Waals surface area contributed by atoms with Crippen molar-refractivity contribution in [3.63, 3.8) is 0 Å². The Morgan fingerprint density at radius 2 is 1.94 bits per heavy atom. The molecule has 0 radical (unpaired) electrons. The van der Waals surface area contributed by atoms with Crippen LogP contribution in [0.15, 0.2) is 72.1 Å². The molecule has 2 heterocycles. The molecule has 156 valence electrons. The SMILES string of the molecule is CC1=NN(c2nc(-c3ccc(Br)cc3)cs2)C(=O)[C@@H]1N=Nc1ccc([N+](=O)[O-])cc1Br. The van der Waals surface area contributed by atoms with Crippen LogP contribution in [0.2, 0.25) is 0 Å². The zero-order valence-electron chi connectivity index (χ0n) is 15.8. The number of nitro benzene ring substituents is 1. The van der Waals surface area contributed by atoms with Gasteiger partial charge in [-0.25, -0.2) is 4.98 Å². The normalized spacial score (nSPS) is 16.2. The summed E-state index contributed by atoms with van der Waals surface area (Å²) in [6, 6.07) is 10.9. The first-order valence-electron chi connectivity index (χ1n) is 8.79. The summed E-state index contributed by atoms with van der Waals surface area (Å²) in [6.45, 7) is 1.69. The molecule has 31 heavy (non-hydrogen) atoms. The number of carbonyl (C=O) groups is 1. The fourth-order valence-electron chi connectivity index (χ4n) is 2.75. The van der Waals surface area contributed by atoms with Gasteiger partial charge >= 0.3 is 0 Å². The summed E-state index contributed by atoms with van der Waals surface area (Å²) < 4.78 is 1.37. The number of amides is 1. The molecule has 0 saturated heterocycles. The second kappa shape index (κ2) is 8.73. The molecule has 4 rings (SSSR count). The summed E-state index contributed by atoms with van der Waals surface area (Å²) in [5.74, 6) is -0.365. The summed E-state index contributed by atoms with van der Waals surface area (Å²) in [5, 5.41) is 26.9. The van der Waals surface area contributed by atoms with Gasteiger partial charge in [-0.2, -0.15) is 20.3 Å². The van der Waals surface area contributed by atoms with E-state index >= 15 is 0 Å². The highest BCUT2D eigenvalue weighted by molar-refractivity contribution is 9.10. The molecule has 0 unspecified atom stereocenters. The highest BCUT2D eigenvalue weighted by Gasteiger charge is 2.36. The number of hydrazone groups is 1. The Morgan fingerprint density at radius 1 is 1.19 bits per heavy atom. The molecule has 1 aromatic heterocycles. The van der Waals surface area contributed by atoms with Gasteiger partial charge in [-0.3, -0.25) is 14.9 Å². The molecule has 1 amide bonds. The summed E-state index contributed by atoms with van der Waals surface area (Å²) >= 11 is 7.95. The van der Waals surface area contributed by atoms with Crippen LogP contribution in [0.1, 0.15) is 6.92 Å². The smallest absolute Gasteiger partial charge is 0.269 e. The maximum absolute atomic E-state index is 12.9. The second-order valence-electron chi connectivity index (χ2n) is 6.42. The van der Waals surface area contributed by atoms with Crippen molar-refractivity contribution in [2.75, 3.05) is 5.01 Å². The number of benzene rings is 2. The molecule has 0 aliphatic carbocycles. The number of halogens is 2. The highest BCUT2D eigenvalue weighted by atomic mass is 79.9. The zero-order valence-corrected chi connectivity index (χ0v) is 19.8. The van der Waals surface area contributed by atoms with Crippen molar-refractivity contribution in [1.82, 2.24) is 4.98 Å². The van der Waals surface area contributed by atoms with Crippen LogP contribution in [0.5, 0.6) is 0 Å². The van der Waals surface area contributed by atoms with E-state index in [-0.39, 0.29) is 11.6 Å². The van der Waals surface area contributed by atoms with Gasteiger partial charge in [0.25, 0.3) is 11.6 Å². The first kappa shape index (κ1) is 21.4. The lowest BCUT2D eigenvalue weighted by Crippen LogP contribution is -2.29. The molecule has 0 saturated carbocycles. The molecule has 9 nitrogen and oxygen atoms in total. The van der Waals surface area contributed by atoms with Crippen molar-refractivity contribution in [2.45, 2.75) is 13.0 Å². The third kappa shape index (κ3) is 4.45. The van der Waals surface area contributed by atoms with Crippen LogP contribution in [-0.2, 0) is 4.79 Å². The van der Waals surface area contributed by atoms with Gasteiger partial charge in [0, 0.05) is 27.5 Å². The van der Waals surface area contributed by atoms with Gasteiger partial charge < -0.3 is 0 Å². The molecule has 3 aromatic rings. The number of carbonyl (C=O) groups excluding carboxylic acids is 1. The van der Waals surface area contributed by atoms with E-state index in [2.05, 4.69) is 52.2 Å². The van der Waals surface area contributed by atoms with E-state index in [4.69, 9.17) is 0 Å². The Balaban J connectivity index is 1.53. The Labute approximate surface area is 196 Å². The number of non-ortho nitro benzene ring substituents is 1. The van der Waals surface area contributed by atoms with Crippen LogP contribution in [-0.4, -0.2) is 27.6 Å². The van der Waals surface area contributed by atoms with Crippen LogP contribution >= 0.6 is 43.2 Å². The molecule has 2 aromatic carbocycles. The van der Waals surface area contributed by atoms with Crippen molar-refractivity contribution >= 4 is 71.3 Å². The van der Waals surface area contributed by atoms with Gasteiger partial charge in [0.05, 0.1) is 26.5 Å². The molecule has 0 N–H and O–H groups in total. The lowest BCUT2D eigenvalue weighted by atomic mass is 10.2. The third-order valence-corrected chi connectivity index (χ3v) is 6.31. The summed E-state index contributed by atoms with van der Waals surface area (Å²) in [6.07, 6.45) is 0. The topological polar surface area (TPSA) is 113 Å². The lowest BCUT2D eigenvalue weighted by molar-refractivity contribution is -0.384. The molecule has 1 atom stereocenters. The Kier molecular flexibility index (Phi) is 6.03. The van der Waals surface area contributed by atoms with Crippen LogP contribution < -0.4 is 5.01 Å². The zero-order chi connectivity index (χ0) is 22.1. The van der Waals surface area contributed by atoms with E-state index in [0.717, 1.165) is 15.7 Å². The van der Waals surface area contributed by atoms with Crippen molar-refractivity contribution in [3.05, 3.63) is 66.9 Å². The molecule has 1 aliphatic rings. The van der Waals surface area contributed by atoms with Gasteiger partial charge in [-0.05, 0) is 41.1 Å². The minimum absolute atomic E-state index is 0.0722. The number of anilines is 1. The number of rotatable bonds is 5. The quantitative estimate of drug-likeness (QED) is 0.211. The minimum atomic E-state index is -0.887. The van der Waals surface area contributed by atoms with Crippen LogP contribution in [0, 0.1) is 10.1 Å². The molecule has 1 aliphatic heterocycles. The van der Waals surface area contributed by atoms with Crippen LogP contribution in [0.4, 0.5) is 16.5 Å². The molecular formula is C19H12Br2N6O3S. The Morgan fingerprint density at radius 3 is 2.61 bits per heavy atom. The van der Waals surface area contributed by atoms with Crippen LogP contribution in [0.25, 0.3) is 11.3 Å². The van der Waals surface area contributed by atoms with E-state index in [9.17, 15) is 14.9 Å². The summed E-state index contributed by atoms with van der Waals surface area (Å²) in [4.78, 5) is 27.8. The number of aromatic nitrogens is 1. The van der Waals surface area contributed by atoms with Crippen molar-refractivity contribution < 1.29 is 9.72 Å². The van der Waals surface area contributed by atoms with E-state index in [1.807, 2.05) is 29.6 Å². The first-order valence-corrected chi connectivity index (χ1v) is 11.3. The van der Waals surface area contributed by atoms with Crippen molar-refractivity contribution in [1.29, 1.82) is 0 Å². The maximum atomic E-state index is 12.9. The van der Waals surface area contributed by atoms with Gasteiger partial charge in [0.1, 0.15) is 0 Å². The average Bonchev–Trinajstić information content (AvgIpc) is 3.33. The second-order valence-corrected chi connectivity index (χ2v) is 9.03. The lowest BCUT2D eigenvalue weighted by Gasteiger charge is -2.08. The third-order valence-electron chi connectivity index (χ3n) is 4.33. The standard InChI is InChI=1S/C19H12Br2N6O3S/c1-10-17(24-23-15-7-6-13(27(29)30)8-14(15)21)18(28)26(25-10)19-22-16(9-31-19)11-2-4-12(20)5-3-11/h2-9,17H,1H3/t17-/m1/s1. The maximum Gasteiger partial charge on any atom is 0.282 e. The van der Waals surface area contributed by atoms with E-state index in [1.165, 1.54) is 34.5 Å². The number of nitro groups is 1. The Bertz CT molecular complexity index is 1240. The monoisotopic (exact) mass is 562 g/mol. The van der Waals surface area contributed by atoms with Crippen LogP contribution in [0.3, 0.4) is 0 Å². The number of hydrogen-bond donors (Lipinski definition) is 0. The molecular weight excluding hydrogens is 552 g/mol. The predicted octanol–water partition coefficient (Wildman–Crippen LogP) is 6.12. The van der Waals surface area contributed by atoms with Gasteiger partial charge in [-0.15, -0.1) is 11.3 Å². The summed E-state index contributed by atoms with van der Waals surface area (Å²) in [5.41, 5.74) is 2.45. The number of azo groups is 1. The molecule has 0 spiro atoms.